The molecule has 0 bridgehead atoms. The van der Waals surface area contributed by atoms with Gasteiger partial charge in [-0.25, -0.2) is 0 Å². The molecule has 0 saturated carbocycles. The molecule has 1 fully saturated rings. The van der Waals surface area contributed by atoms with E-state index in [1.807, 2.05) is 19.1 Å². The maximum absolute atomic E-state index is 6.15. The first kappa shape index (κ1) is 13.6. The maximum Gasteiger partial charge on any atom is 0.122 e. The molecule has 1 aliphatic rings. The van der Waals surface area contributed by atoms with E-state index in [9.17, 15) is 0 Å². The van der Waals surface area contributed by atoms with Gasteiger partial charge in [-0.05, 0) is 45.4 Å². The summed E-state index contributed by atoms with van der Waals surface area (Å²) in [7, 11) is 1.79. The molecule has 0 radical (unpaired) electrons. The molecule has 0 spiro atoms. The molecule has 3 atom stereocenters. The zero-order chi connectivity index (χ0) is 13.2. The highest BCUT2D eigenvalue weighted by atomic mass is 16.5. The number of rotatable bonds is 4. The van der Waals surface area contributed by atoms with Crippen LogP contribution in [0.25, 0.3) is 0 Å². The number of hydrogen-bond donors (Lipinski definition) is 1. The van der Waals surface area contributed by atoms with E-state index in [2.05, 4.69) is 11.8 Å². The molecule has 1 saturated heterocycles. The normalized spacial score (nSPS) is 29.1. The second kappa shape index (κ2) is 5.43. The Hall–Kier alpha value is -0.840. The van der Waals surface area contributed by atoms with Gasteiger partial charge in [0.1, 0.15) is 5.76 Å². The van der Waals surface area contributed by atoms with E-state index in [-0.39, 0.29) is 17.7 Å². The van der Waals surface area contributed by atoms with E-state index >= 15 is 0 Å². The summed E-state index contributed by atoms with van der Waals surface area (Å²) < 4.78 is 11.2. The number of hydrogen-bond acceptors (Lipinski definition) is 4. The number of piperidine rings is 1. The van der Waals surface area contributed by atoms with Crippen LogP contribution in [0.15, 0.2) is 22.8 Å². The van der Waals surface area contributed by atoms with Crippen molar-refractivity contribution in [1.82, 2.24) is 4.90 Å². The molecular weight excluding hydrogens is 228 g/mol. The first-order valence-electron chi connectivity index (χ1n) is 6.64. The molecule has 1 aliphatic heterocycles. The van der Waals surface area contributed by atoms with Gasteiger partial charge in [-0.2, -0.15) is 0 Å². The minimum Gasteiger partial charge on any atom is -0.468 e. The van der Waals surface area contributed by atoms with Gasteiger partial charge >= 0.3 is 0 Å². The van der Waals surface area contributed by atoms with Crippen molar-refractivity contribution in [3.63, 3.8) is 0 Å². The van der Waals surface area contributed by atoms with Crippen molar-refractivity contribution in [2.45, 2.75) is 44.4 Å². The number of nitrogens with zero attached hydrogens (tertiary/aromatic N) is 1. The Morgan fingerprint density at radius 3 is 2.89 bits per heavy atom. The van der Waals surface area contributed by atoms with E-state index in [0.717, 1.165) is 31.7 Å². The Morgan fingerprint density at radius 2 is 2.33 bits per heavy atom. The van der Waals surface area contributed by atoms with Gasteiger partial charge < -0.3 is 14.9 Å². The van der Waals surface area contributed by atoms with Crippen LogP contribution in [0.4, 0.5) is 0 Å². The van der Waals surface area contributed by atoms with Gasteiger partial charge in [0, 0.05) is 19.7 Å². The van der Waals surface area contributed by atoms with Crippen LogP contribution >= 0.6 is 0 Å². The summed E-state index contributed by atoms with van der Waals surface area (Å²) >= 11 is 0. The smallest absolute Gasteiger partial charge is 0.122 e. The molecule has 3 unspecified atom stereocenters. The average molecular weight is 252 g/mol. The van der Waals surface area contributed by atoms with Crippen molar-refractivity contribution in [3.05, 3.63) is 24.2 Å². The van der Waals surface area contributed by atoms with Crippen molar-refractivity contribution < 1.29 is 9.15 Å². The van der Waals surface area contributed by atoms with Crippen LogP contribution in [-0.4, -0.2) is 36.7 Å². The van der Waals surface area contributed by atoms with Gasteiger partial charge in [-0.1, -0.05) is 0 Å². The van der Waals surface area contributed by atoms with E-state index in [1.54, 1.807) is 13.4 Å². The van der Waals surface area contributed by atoms with Crippen LogP contribution in [0.3, 0.4) is 0 Å². The fraction of sp³-hybridized carbons (Fsp3) is 0.714. The number of likely N-dealkylation sites (tertiary alicyclic amines) is 1. The van der Waals surface area contributed by atoms with Gasteiger partial charge in [0.15, 0.2) is 0 Å². The van der Waals surface area contributed by atoms with Crippen LogP contribution in [0.5, 0.6) is 0 Å². The molecular formula is C14H24N2O2. The standard InChI is InChI=1S/C14H24N2O2/c1-11(15)13(12-6-4-9-18-12)16-8-5-7-14(2,10-16)17-3/h4,6,9,11,13H,5,7-8,10,15H2,1-3H3. The summed E-state index contributed by atoms with van der Waals surface area (Å²) in [4.78, 5) is 2.39. The molecule has 1 aromatic heterocycles. The first-order valence-corrected chi connectivity index (χ1v) is 6.64. The molecule has 2 heterocycles. The highest BCUT2D eigenvalue weighted by Gasteiger charge is 2.36. The van der Waals surface area contributed by atoms with Crippen molar-refractivity contribution in [2.75, 3.05) is 20.2 Å². The number of methoxy groups -OCH3 is 1. The summed E-state index contributed by atoms with van der Waals surface area (Å²) in [5.41, 5.74) is 6.07. The maximum atomic E-state index is 6.15. The SMILES string of the molecule is COC1(C)CCCN(C(c2ccco2)C(C)N)C1. The molecule has 4 nitrogen and oxygen atoms in total. The Bertz CT molecular complexity index is 364. The highest BCUT2D eigenvalue weighted by Crippen LogP contribution is 2.32. The number of ether oxygens (including phenoxy) is 1. The Morgan fingerprint density at radius 1 is 1.56 bits per heavy atom. The second-order valence-electron chi connectivity index (χ2n) is 5.55. The molecule has 0 aliphatic carbocycles. The highest BCUT2D eigenvalue weighted by molar-refractivity contribution is 5.08. The fourth-order valence-electron chi connectivity index (χ4n) is 2.88. The van der Waals surface area contributed by atoms with E-state index in [0.29, 0.717) is 0 Å². The van der Waals surface area contributed by atoms with Crippen molar-refractivity contribution in [2.24, 2.45) is 5.73 Å². The number of nitrogens with two attached hydrogens (primary N) is 1. The van der Waals surface area contributed by atoms with Crippen molar-refractivity contribution >= 4 is 0 Å². The Kier molecular flexibility index (Phi) is 4.10. The minimum atomic E-state index is -0.0714. The van der Waals surface area contributed by atoms with Gasteiger partial charge in [-0.3, -0.25) is 4.90 Å². The van der Waals surface area contributed by atoms with Gasteiger partial charge in [-0.15, -0.1) is 0 Å². The summed E-state index contributed by atoms with van der Waals surface area (Å²) in [6.07, 6.45) is 3.95. The minimum absolute atomic E-state index is 0.0374. The second-order valence-corrected chi connectivity index (χ2v) is 5.55. The third-order valence-electron chi connectivity index (χ3n) is 3.91. The van der Waals surface area contributed by atoms with Crippen LogP contribution in [-0.2, 0) is 4.74 Å². The topological polar surface area (TPSA) is 51.6 Å². The van der Waals surface area contributed by atoms with Gasteiger partial charge in [0.05, 0.1) is 17.9 Å². The molecule has 1 aromatic rings. The van der Waals surface area contributed by atoms with Crippen LogP contribution in [0.1, 0.15) is 38.5 Å². The molecule has 102 valence electrons. The monoisotopic (exact) mass is 252 g/mol. The summed E-state index contributed by atoms with van der Waals surface area (Å²) in [6.45, 7) is 6.15. The molecule has 2 rings (SSSR count). The largest absolute Gasteiger partial charge is 0.468 e. The molecule has 2 N–H and O–H groups in total. The molecule has 18 heavy (non-hydrogen) atoms. The van der Waals surface area contributed by atoms with E-state index in [4.69, 9.17) is 14.9 Å². The summed E-state index contributed by atoms with van der Waals surface area (Å²) in [6, 6.07) is 4.10. The van der Waals surface area contributed by atoms with Crippen LogP contribution in [0, 0.1) is 0 Å². The average Bonchev–Trinajstić information content (AvgIpc) is 2.82. The van der Waals surface area contributed by atoms with Crippen LogP contribution < -0.4 is 5.73 Å². The molecule has 0 aromatic carbocycles. The van der Waals surface area contributed by atoms with Crippen molar-refractivity contribution in [1.29, 1.82) is 0 Å². The van der Waals surface area contributed by atoms with E-state index < -0.39 is 0 Å². The fourth-order valence-corrected chi connectivity index (χ4v) is 2.88. The number of furan rings is 1. The predicted molar refractivity (Wildman–Crippen MR) is 71.3 cm³/mol. The lowest BCUT2D eigenvalue weighted by molar-refractivity contribution is -0.0658. The van der Waals surface area contributed by atoms with E-state index in [1.165, 1.54) is 0 Å². The molecule has 4 heteroatoms. The van der Waals surface area contributed by atoms with Crippen LogP contribution in [0.2, 0.25) is 0 Å². The van der Waals surface area contributed by atoms with Gasteiger partial charge in [0.2, 0.25) is 0 Å². The summed E-state index contributed by atoms with van der Waals surface area (Å²) in [5.74, 6) is 0.949. The lowest BCUT2D eigenvalue weighted by Crippen LogP contribution is -2.51. The Balaban J connectivity index is 2.17. The zero-order valence-electron chi connectivity index (χ0n) is 11.6. The third-order valence-corrected chi connectivity index (χ3v) is 3.91. The zero-order valence-corrected chi connectivity index (χ0v) is 11.6. The lowest BCUT2D eigenvalue weighted by atomic mass is 9.92. The summed E-state index contributed by atoms with van der Waals surface area (Å²) in [5, 5.41) is 0. The quantitative estimate of drug-likeness (QED) is 0.892. The predicted octanol–water partition coefficient (Wildman–Crippen LogP) is 2.17. The van der Waals surface area contributed by atoms with Crippen molar-refractivity contribution in [3.8, 4) is 0 Å². The molecule has 0 amide bonds. The Labute approximate surface area is 109 Å². The third kappa shape index (κ3) is 2.76. The lowest BCUT2D eigenvalue weighted by Gasteiger charge is -2.43. The van der Waals surface area contributed by atoms with Gasteiger partial charge in [0.25, 0.3) is 0 Å². The first-order chi connectivity index (χ1) is 8.56.